The molecule has 0 rings (SSSR count). The fraction of sp³-hybridized carbons (Fsp3) is 0. The number of hydrazone groups is 1. The Kier molecular flexibility index (Phi) is 2.16. The van der Waals surface area contributed by atoms with Crippen LogP contribution >= 0.6 is 0 Å². The van der Waals surface area contributed by atoms with Gasteiger partial charge in [-0.2, -0.15) is 10.3 Å². The molecule has 6 heteroatoms. The summed E-state index contributed by atoms with van der Waals surface area (Å²) in [4.78, 5) is 0. The maximum absolute atomic E-state index is 7.97. The largest absolute Gasteiger partial charge is 0.366 e. The fourth-order valence-corrected chi connectivity index (χ4v) is 0.113. The zero-order chi connectivity index (χ0) is 6.57. The predicted molar refractivity (Wildman–Crippen MR) is 27.4 cm³/mol. The Morgan fingerprint density at radius 1 is 1.75 bits per heavy atom. The summed E-state index contributed by atoms with van der Waals surface area (Å²) in [5, 5.41) is 11.5. The van der Waals surface area contributed by atoms with Gasteiger partial charge in [0.05, 0.1) is 0 Å². The van der Waals surface area contributed by atoms with Crippen LogP contribution in [0.15, 0.2) is 5.10 Å². The van der Waals surface area contributed by atoms with Crippen LogP contribution in [-0.2, 0) is 0 Å². The monoisotopic (exact) mass is 114 g/mol. The Hall–Kier alpha value is -1.48. The van der Waals surface area contributed by atoms with Crippen LogP contribution in [-0.4, -0.2) is 11.0 Å². The number of rotatable bonds is 0. The molecule has 0 aromatic heterocycles. The molecule has 0 aromatic carbocycles. The van der Waals surface area contributed by atoms with Crippen LogP contribution in [0.2, 0.25) is 0 Å². The number of hydrazine groups is 1. The van der Waals surface area contributed by atoms with Crippen molar-refractivity contribution in [3.63, 3.8) is 0 Å². The molecule has 0 aliphatic rings. The molecule has 0 aliphatic carbocycles. The van der Waals surface area contributed by atoms with Gasteiger partial charge in [-0.25, -0.2) is 5.84 Å². The summed E-state index contributed by atoms with van der Waals surface area (Å²) in [6, 6.07) is 0. The quantitative estimate of drug-likeness (QED) is 0.0827. The second-order valence-electron chi connectivity index (χ2n) is 0.957. The zero-order valence-electron chi connectivity index (χ0n) is 4.07. The number of hydrogen-bond acceptors (Lipinski definition) is 4. The molecule has 0 aromatic rings. The molecule has 6 N–H and O–H groups in total. The van der Waals surface area contributed by atoms with E-state index in [1.165, 1.54) is 6.19 Å². The van der Waals surface area contributed by atoms with Crippen LogP contribution in [0.25, 0.3) is 0 Å². The zero-order valence-corrected chi connectivity index (χ0v) is 4.07. The summed E-state index contributed by atoms with van der Waals surface area (Å²) in [5.74, 6) is 9.29. The Balaban J connectivity index is 3.87. The topological polar surface area (TPSA) is 117 Å². The summed E-state index contributed by atoms with van der Waals surface area (Å²) in [5.41, 5.74) is 4.93. The molecule has 0 radical (unpaired) electrons. The SMILES string of the molecule is N#CN(N)C(N)=NN. The van der Waals surface area contributed by atoms with E-state index >= 15 is 0 Å². The highest BCUT2D eigenvalue weighted by Crippen LogP contribution is 1.66. The lowest BCUT2D eigenvalue weighted by atomic mass is 10.9. The molecule has 0 amide bonds. The van der Waals surface area contributed by atoms with Crippen LogP contribution in [0.4, 0.5) is 0 Å². The Labute approximate surface area is 46.1 Å². The van der Waals surface area contributed by atoms with Gasteiger partial charge >= 0.3 is 0 Å². The van der Waals surface area contributed by atoms with Gasteiger partial charge in [0.2, 0.25) is 12.2 Å². The molecule has 0 fully saturated rings. The maximum atomic E-state index is 7.97. The van der Waals surface area contributed by atoms with Gasteiger partial charge in [0.15, 0.2) is 0 Å². The van der Waals surface area contributed by atoms with Crippen molar-refractivity contribution in [3.8, 4) is 6.19 Å². The molecule has 0 atom stereocenters. The summed E-state index contributed by atoms with van der Waals surface area (Å²) in [6.45, 7) is 0. The minimum absolute atomic E-state index is 0.215. The molecule has 0 unspecified atom stereocenters. The summed E-state index contributed by atoms with van der Waals surface area (Å²) in [7, 11) is 0. The molecule has 44 valence electrons. The fourth-order valence-electron chi connectivity index (χ4n) is 0.113. The number of nitrogens with two attached hydrogens (primary N) is 3. The van der Waals surface area contributed by atoms with Crippen molar-refractivity contribution < 1.29 is 0 Å². The van der Waals surface area contributed by atoms with E-state index in [4.69, 9.17) is 16.8 Å². The average Bonchev–Trinajstić information content (AvgIpc) is 1.84. The van der Waals surface area contributed by atoms with Gasteiger partial charge in [0, 0.05) is 0 Å². The maximum Gasteiger partial charge on any atom is 0.241 e. The molecule has 0 heterocycles. The van der Waals surface area contributed by atoms with Crippen LogP contribution in [0.3, 0.4) is 0 Å². The average molecular weight is 114 g/mol. The van der Waals surface area contributed by atoms with E-state index in [1.807, 2.05) is 0 Å². The van der Waals surface area contributed by atoms with Gasteiger partial charge in [-0.15, -0.1) is 5.10 Å². The number of guanidine groups is 1. The molecule has 0 bridgehead atoms. The van der Waals surface area contributed by atoms with Crippen molar-refractivity contribution in [1.82, 2.24) is 5.01 Å². The molecule has 0 aliphatic heterocycles. The van der Waals surface area contributed by atoms with Crippen LogP contribution < -0.4 is 17.4 Å². The number of nitrogens with zero attached hydrogens (tertiary/aromatic N) is 3. The first kappa shape index (κ1) is 6.52. The van der Waals surface area contributed by atoms with Crippen LogP contribution in [0, 0.1) is 11.5 Å². The van der Waals surface area contributed by atoms with E-state index in [0.29, 0.717) is 5.01 Å². The standard InChI is InChI=1S/C2H6N6/c3-1-8(6)2(4)7-5/h5-6H2,(H2,4,7). The third-order valence-corrected chi connectivity index (χ3v) is 0.487. The van der Waals surface area contributed by atoms with E-state index in [-0.39, 0.29) is 5.96 Å². The summed E-state index contributed by atoms with van der Waals surface area (Å²) >= 11 is 0. The van der Waals surface area contributed by atoms with Crippen LogP contribution in [0.5, 0.6) is 0 Å². The van der Waals surface area contributed by atoms with Gasteiger partial charge in [-0.1, -0.05) is 0 Å². The van der Waals surface area contributed by atoms with Crippen molar-refractivity contribution in [2.24, 2.45) is 22.5 Å². The lowest BCUT2D eigenvalue weighted by Crippen LogP contribution is -2.39. The molecule has 6 nitrogen and oxygen atoms in total. The molecular formula is C2H6N6. The van der Waals surface area contributed by atoms with Gasteiger partial charge < -0.3 is 11.6 Å². The van der Waals surface area contributed by atoms with Crippen molar-refractivity contribution in [3.05, 3.63) is 0 Å². The van der Waals surface area contributed by atoms with Gasteiger partial charge in [-0.3, -0.25) is 0 Å². The normalized spacial score (nSPS) is 10.2. The Morgan fingerprint density at radius 2 is 2.25 bits per heavy atom. The Morgan fingerprint density at radius 3 is 2.38 bits per heavy atom. The lowest BCUT2D eigenvalue weighted by molar-refractivity contribution is 0.606. The minimum atomic E-state index is -0.215. The molecule has 0 spiro atoms. The van der Waals surface area contributed by atoms with Crippen molar-refractivity contribution in [1.29, 1.82) is 5.26 Å². The van der Waals surface area contributed by atoms with Crippen molar-refractivity contribution in [2.45, 2.75) is 0 Å². The third kappa shape index (κ3) is 1.32. The molecule has 0 saturated heterocycles. The van der Waals surface area contributed by atoms with E-state index in [9.17, 15) is 0 Å². The third-order valence-electron chi connectivity index (χ3n) is 0.487. The van der Waals surface area contributed by atoms with E-state index < -0.39 is 0 Å². The molecular weight excluding hydrogens is 108 g/mol. The second kappa shape index (κ2) is 2.65. The predicted octanol–water partition coefficient (Wildman–Crippen LogP) is -2.17. The minimum Gasteiger partial charge on any atom is -0.366 e. The first-order valence-electron chi connectivity index (χ1n) is 1.70. The van der Waals surface area contributed by atoms with Crippen molar-refractivity contribution >= 4 is 5.96 Å². The molecule has 8 heavy (non-hydrogen) atoms. The smallest absolute Gasteiger partial charge is 0.241 e. The highest BCUT2D eigenvalue weighted by Gasteiger charge is 1.95. The lowest BCUT2D eigenvalue weighted by Gasteiger charge is -2.02. The van der Waals surface area contributed by atoms with Gasteiger partial charge in [0.1, 0.15) is 0 Å². The summed E-state index contributed by atoms with van der Waals surface area (Å²) in [6.07, 6.45) is 1.49. The van der Waals surface area contributed by atoms with Crippen LogP contribution in [0.1, 0.15) is 0 Å². The van der Waals surface area contributed by atoms with E-state index in [2.05, 4.69) is 10.9 Å². The van der Waals surface area contributed by atoms with E-state index in [1.54, 1.807) is 0 Å². The second-order valence-corrected chi connectivity index (χ2v) is 0.957. The highest BCUT2D eigenvalue weighted by atomic mass is 15.5. The van der Waals surface area contributed by atoms with E-state index in [0.717, 1.165) is 0 Å². The molecule has 0 saturated carbocycles. The number of hydrogen-bond donors (Lipinski definition) is 3. The van der Waals surface area contributed by atoms with Gasteiger partial charge in [-0.05, 0) is 0 Å². The highest BCUT2D eigenvalue weighted by molar-refractivity contribution is 5.78. The summed E-state index contributed by atoms with van der Waals surface area (Å²) < 4.78 is 0. The van der Waals surface area contributed by atoms with Crippen molar-refractivity contribution in [2.75, 3.05) is 0 Å². The Bertz CT molecular complexity index is 130. The first-order valence-corrected chi connectivity index (χ1v) is 1.70. The first-order chi connectivity index (χ1) is 3.72. The number of nitriles is 1. The van der Waals surface area contributed by atoms with Gasteiger partial charge in [0.25, 0.3) is 0 Å².